The van der Waals surface area contributed by atoms with Gasteiger partial charge in [-0.25, -0.2) is 0 Å². The molecule has 1 aromatic rings. The molecule has 0 radical (unpaired) electrons. The second kappa shape index (κ2) is 5.01. The van der Waals surface area contributed by atoms with E-state index >= 15 is 0 Å². The lowest BCUT2D eigenvalue weighted by molar-refractivity contribution is 0.237. The van der Waals surface area contributed by atoms with E-state index in [4.69, 9.17) is 0 Å². The molecule has 0 heterocycles. The molecule has 1 aromatic carbocycles. The summed E-state index contributed by atoms with van der Waals surface area (Å²) in [5.41, 5.74) is 4.36. The summed E-state index contributed by atoms with van der Waals surface area (Å²) in [7, 11) is 0. The van der Waals surface area contributed by atoms with Crippen LogP contribution in [0.15, 0.2) is 18.2 Å². The summed E-state index contributed by atoms with van der Waals surface area (Å²) in [5, 5.41) is 9.45. The summed E-state index contributed by atoms with van der Waals surface area (Å²) in [6, 6.07) is 6.81. The quantitative estimate of drug-likeness (QED) is 0.825. The summed E-state index contributed by atoms with van der Waals surface area (Å²) >= 11 is 0. The molecule has 1 unspecified atom stereocenters. The second-order valence-corrected chi connectivity index (χ2v) is 5.27. The second-order valence-electron chi connectivity index (χ2n) is 5.27. The van der Waals surface area contributed by atoms with Crippen molar-refractivity contribution in [1.82, 2.24) is 0 Å². The number of aryl methyl sites for hydroxylation is 2. The first-order chi connectivity index (χ1) is 7.72. The number of aliphatic hydroxyl groups excluding tert-OH is 1. The molecule has 0 aromatic heterocycles. The van der Waals surface area contributed by atoms with Crippen molar-refractivity contribution < 1.29 is 5.11 Å². The van der Waals surface area contributed by atoms with Crippen LogP contribution in [0, 0.1) is 5.92 Å². The standard InChI is InChI=1S/C15H22O/c1-11(2)15(10-16)14-8-7-12-5-3-4-6-13(12)9-14/h7-9,11,15-16H,3-6,10H2,1-2H3. The molecule has 88 valence electrons. The largest absolute Gasteiger partial charge is 0.396 e. The minimum atomic E-state index is 0.260. The van der Waals surface area contributed by atoms with Gasteiger partial charge in [-0.2, -0.15) is 0 Å². The molecule has 1 aliphatic carbocycles. The predicted octanol–water partition coefficient (Wildman–Crippen LogP) is 3.30. The lowest BCUT2D eigenvalue weighted by Gasteiger charge is -2.22. The topological polar surface area (TPSA) is 20.2 Å². The monoisotopic (exact) mass is 218 g/mol. The smallest absolute Gasteiger partial charge is 0.0502 e. The zero-order chi connectivity index (χ0) is 11.5. The predicted molar refractivity (Wildman–Crippen MR) is 67.7 cm³/mol. The van der Waals surface area contributed by atoms with Crippen molar-refractivity contribution in [2.75, 3.05) is 6.61 Å². The van der Waals surface area contributed by atoms with E-state index in [1.165, 1.54) is 42.4 Å². The molecule has 0 aliphatic heterocycles. The van der Waals surface area contributed by atoms with Gasteiger partial charge >= 0.3 is 0 Å². The zero-order valence-corrected chi connectivity index (χ0v) is 10.4. The number of fused-ring (bicyclic) bond motifs is 1. The van der Waals surface area contributed by atoms with Gasteiger partial charge in [-0.3, -0.25) is 0 Å². The van der Waals surface area contributed by atoms with Gasteiger partial charge < -0.3 is 5.11 Å². The zero-order valence-electron chi connectivity index (χ0n) is 10.4. The fourth-order valence-corrected chi connectivity index (χ4v) is 2.69. The number of hydrogen-bond acceptors (Lipinski definition) is 1. The van der Waals surface area contributed by atoms with Crippen molar-refractivity contribution >= 4 is 0 Å². The molecule has 1 N–H and O–H groups in total. The van der Waals surface area contributed by atoms with Crippen LogP contribution in [0.2, 0.25) is 0 Å². The minimum Gasteiger partial charge on any atom is -0.396 e. The molecule has 0 fully saturated rings. The Morgan fingerprint density at radius 2 is 1.81 bits per heavy atom. The Bertz CT molecular complexity index is 354. The first-order valence-corrected chi connectivity index (χ1v) is 6.45. The fourth-order valence-electron chi connectivity index (χ4n) is 2.69. The summed E-state index contributed by atoms with van der Waals surface area (Å²) in [6.07, 6.45) is 5.11. The van der Waals surface area contributed by atoms with Crippen LogP contribution < -0.4 is 0 Å². The summed E-state index contributed by atoms with van der Waals surface area (Å²) in [5.74, 6) is 0.805. The molecule has 0 amide bonds. The molecule has 0 saturated carbocycles. The van der Waals surface area contributed by atoms with E-state index in [1.807, 2.05) is 0 Å². The lowest BCUT2D eigenvalue weighted by Crippen LogP contribution is -2.13. The van der Waals surface area contributed by atoms with E-state index in [9.17, 15) is 5.11 Å². The van der Waals surface area contributed by atoms with Gasteiger partial charge in [0.25, 0.3) is 0 Å². The van der Waals surface area contributed by atoms with Crippen LogP contribution in [0.25, 0.3) is 0 Å². The Kier molecular flexibility index (Phi) is 3.65. The molecule has 2 rings (SSSR count). The van der Waals surface area contributed by atoms with Gasteiger partial charge in [-0.1, -0.05) is 32.0 Å². The first-order valence-electron chi connectivity index (χ1n) is 6.45. The highest BCUT2D eigenvalue weighted by Crippen LogP contribution is 2.28. The van der Waals surface area contributed by atoms with Crippen molar-refractivity contribution in [1.29, 1.82) is 0 Å². The van der Waals surface area contributed by atoms with Crippen LogP contribution in [0.3, 0.4) is 0 Å². The van der Waals surface area contributed by atoms with Crippen molar-refractivity contribution in [3.05, 3.63) is 34.9 Å². The molecule has 0 bridgehead atoms. The SMILES string of the molecule is CC(C)C(CO)c1ccc2c(c1)CCCC2. The number of rotatable bonds is 3. The van der Waals surface area contributed by atoms with E-state index in [2.05, 4.69) is 32.0 Å². The molecule has 16 heavy (non-hydrogen) atoms. The van der Waals surface area contributed by atoms with Gasteiger partial charge in [0.05, 0.1) is 6.61 Å². The Balaban J connectivity index is 2.28. The van der Waals surface area contributed by atoms with Crippen LogP contribution in [0.1, 0.15) is 49.3 Å². The number of hydrogen-bond donors (Lipinski definition) is 1. The van der Waals surface area contributed by atoms with Gasteiger partial charge in [0.1, 0.15) is 0 Å². The summed E-state index contributed by atoms with van der Waals surface area (Å²) in [4.78, 5) is 0. The van der Waals surface area contributed by atoms with E-state index in [1.54, 1.807) is 0 Å². The Hall–Kier alpha value is -0.820. The van der Waals surface area contributed by atoms with E-state index in [0.29, 0.717) is 11.8 Å². The van der Waals surface area contributed by atoms with Crippen LogP contribution in [0.4, 0.5) is 0 Å². The fraction of sp³-hybridized carbons (Fsp3) is 0.600. The Labute approximate surface area is 98.5 Å². The first kappa shape index (κ1) is 11.7. The maximum absolute atomic E-state index is 9.45. The average Bonchev–Trinajstić information content (AvgIpc) is 2.29. The Morgan fingerprint density at radius 1 is 1.12 bits per heavy atom. The molecular formula is C15H22O. The third-order valence-corrected chi connectivity index (χ3v) is 3.80. The highest BCUT2D eigenvalue weighted by molar-refractivity contribution is 5.35. The third kappa shape index (κ3) is 2.30. The van der Waals surface area contributed by atoms with Crippen molar-refractivity contribution in [3.8, 4) is 0 Å². The van der Waals surface area contributed by atoms with E-state index in [-0.39, 0.29) is 6.61 Å². The van der Waals surface area contributed by atoms with Gasteiger partial charge in [0.2, 0.25) is 0 Å². The lowest BCUT2D eigenvalue weighted by atomic mass is 9.84. The van der Waals surface area contributed by atoms with Crippen LogP contribution in [0.5, 0.6) is 0 Å². The van der Waals surface area contributed by atoms with Gasteiger partial charge in [0.15, 0.2) is 0 Å². The molecule has 1 heteroatoms. The third-order valence-electron chi connectivity index (χ3n) is 3.80. The number of benzene rings is 1. The van der Waals surface area contributed by atoms with Crippen LogP contribution in [-0.4, -0.2) is 11.7 Å². The number of aliphatic hydroxyl groups is 1. The van der Waals surface area contributed by atoms with E-state index in [0.717, 1.165) is 0 Å². The molecular weight excluding hydrogens is 196 g/mol. The minimum absolute atomic E-state index is 0.260. The summed E-state index contributed by atoms with van der Waals surface area (Å²) in [6.45, 7) is 4.62. The maximum Gasteiger partial charge on any atom is 0.0502 e. The highest BCUT2D eigenvalue weighted by atomic mass is 16.3. The molecule has 1 aliphatic rings. The van der Waals surface area contributed by atoms with E-state index < -0.39 is 0 Å². The average molecular weight is 218 g/mol. The molecule has 0 saturated heterocycles. The van der Waals surface area contributed by atoms with Crippen LogP contribution in [-0.2, 0) is 12.8 Å². The van der Waals surface area contributed by atoms with Gasteiger partial charge in [-0.15, -0.1) is 0 Å². The molecule has 1 nitrogen and oxygen atoms in total. The molecule has 0 spiro atoms. The molecule has 1 atom stereocenters. The van der Waals surface area contributed by atoms with Gasteiger partial charge in [-0.05, 0) is 48.3 Å². The van der Waals surface area contributed by atoms with Crippen LogP contribution >= 0.6 is 0 Å². The summed E-state index contributed by atoms with van der Waals surface area (Å²) < 4.78 is 0. The normalized spacial score (nSPS) is 17.2. The highest BCUT2D eigenvalue weighted by Gasteiger charge is 2.17. The van der Waals surface area contributed by atoms with Crippen molar-refractivity contribution in [3.63, 3.8) is 0 Å². The van der Waals surface area contributed by atoms with Crippen molar-refractivity contribution in [2.45, 2.75) is 45.4 Å². The Morgan fingerprint density at radius 3 is 2.44 bits per heavy atom. The van der Waals surface area contributed by atoms with Gasteiger partial charge in [0, 0.05) is 5.92 Å². The van der Waals surface area contributed by atoms with Crippen molar-refractivity contribution in [2.24, 2.45) is 5.92 Å². The maximum atomic E-state index is 9.45.